The van der Waals surface area contributed by atoms with Gasteiger partial charge in [0.15, 0.2) is 12.3 Å². The molecule has 2 N–H and O–H groups in total. The van der Waals surface area contributed by atoms with Crippen LogP contribution in [0.5, 0.6) is 5.88 Å². The van der Waals surface area contributed by atoms with E-state index < -0.39 is 18.7 Å². The average molecular weight is 425 g/mol. The molecule has 0 saturated heterocycles. The summed E-state index contributed by atoms with van der Waals surface area (Å²) in [6.07, 6.45) is -4.48. The second-order valence-electron chi connectivity index (χ2n) is 7.52. The van der Waals surface area contributed by atoms with Gasteiger partial charge in [-0.25, -0.2) is 4.98 Å². The Morgan fingerprint density at radius 2 is 1.83 bits per heavy atom. The van der Waals surface area contributed by atoms with Gasteiger partial charge in [-0.3, -0.25) is 4.79 Å². The number of rotatable bonds is 8. The van der Waals surface area contributed by atoms with E-state index in [1.807, 2.05) is 26.0 Å². The van der Waals surface area contributed by atoms with E-state index in [2.05, 4.69) is 44.4 Å². The van der Waals surface area contributed by atoms with Crippen LogP contribution in [0.15, 0.2) is 18.2 Å². The van der Waals surface area contributed by atoms with Crippen LogP contribution >= 0.6 is 0 Å². The molecule has 0 aliphatic carbocycles. The van der Waals surface area contributed by atoms with Gasteiger partial charge in [0, 0.05) is 17.8 Å². The van der Waals surface area contributed by atoms with Crippen LogP contribution in [0.25, 0.3) is 0 Å². The molecule has 2 aromatic heterocycles. The fraction of sp³-hybridized carbons (Fsp3) is 0.500. The Morgan fingerprint density at radius 3 is 2.43 bits per heavy atom. The Bertz CT molecular complexity index is 887. The van der Waals surface area contributed by atoms with Crippen molar-refractivity contribution in [2.45, 2.75) is 46.8 Å². The maximum atomic E-state index is 12.5. The Morgan fingerprint density at radius 1 is 1.13 bits per heavy atom. The summed E-state index contributed by atoms with van der Waals surface area (Å²) in [6.45, 7) is 8.67. The van der Waals surface area contributed by atoms with Crippen LogP contribution in [0.3, 0.4) is 0 Å². The summed E-state index contributed by atoms with van der Waals surface area (Å²) < 4.78 is 41.5. The lowest BCUT2D eigenvalue weighted by molar-refractivity contribution is -0.154. The average Bonchev–Trinajstić information content (AvgIpc) is 2.64. The number of hydrogen-bond donors (Lipinski definition) is 2. The van der Waals surface area contributed by atoms with E-state index in [4.69, 9.17) is 0 Å². The first kappa shape index (κ1) is 23.4. The number of alkyl halides is 3. The smallest absolute Gasteiger partial charge is 0.422 e. The molecule has 164 valence electrons. The van der Waals surface area contributed by atoms with Crippen molar-refractivity contribution in [3.05, 3.63) is 40.7 Å². The van der Waals surface area contributed by atoms with E-state index in [0.29, 0.717) is 5.92 Å². The van der Waals surface area contributed by atoms with E-state index in [-0.39, 0.29) is 23.2 Å². The molecule has 0 aliphatic heterocycles. The maximum Gasteiger partial charge on any atom is 0.422 e. The topological polar surface area (TPSA) is 89.0 Å². The number of pyridine rings is 1. The second kappa shape index (κ2) is 9.73. The summed E-state index contributed by atoms with van der Waals surface area (Å²) in [6, 6.07) is 4.73. The van der Waals surface area contributed by atoms with E-state index in [0.717, 1.165) is 23.6 Å². The number of carbonyl (C=O) groups excluding carboxylic acids is 1. The van der Waals surface area contributed by atoms with Gasteiger partial charge >= 0.3 is 6.18 Å². The zero-order valence-corrected chi connectivity index (χ0v) is 17.6. The zero-order valence-electron chi connectivity index (χ0n) is 17.6. The van der Waals surface area contributed by atoms with Gasteiger partial charge in [-0.15, -0.1) is 10.2 Å². The summed E-state index contributed by atoms with van der Waals surface area (Å²) in [5, 5.41) is 13.4. The largest absolute Gasteiger partial charge is 0.467 e. The molecular formula is C20H26F3N5O2. The van der Waals surface area contributed by atoms with Crippen LogP contribution in [0, 0.1) is 19.8 Å². The first-order chi connectivity index (χ1) is 13.9. The minimum Gasteiger partial charge on any atom is -0.467 e. The molecule has 1 unspecified atom stereocenters. The number of anilines is 1. The summed E-state index contributed by atoms with van der Waals surface area (Å²) in [7, 11) is 0. The lowest BCUT2D eigenvalue weighted by Crippen LogP contribution is -2.28. The van der Waals surface area contributed by atoms with E-state index in [1.54, 1.807) is 0 Å². The molecule has 30 heavy (non-hydrogen) atoms. The number of carbonyl (C=O) groups is 1. The van der Waals surface area contributed by atoms with Crippen LogP contribution in [0.4, 0.5) is 19.0 Å². The van der Waals surface area contributed by atoms with Crippen LogP contribution in [-0.4, -0.2) is 40.4 Å². The summed E-state index contributed by atoms with van der Waals surface area (Å²) in [4.78, 5) is 17.0. The molecular weight excluding hydrogens is 399 g/mol. The van der Waals surface area contributed by atoms with Crippen molar-refractivity contribution in [2.24, 2.45) is 5.92 Å². The molecule has 1 atom stereocenters. The predicted molar refractivity (Wildman–Crippen MR) is 107 cm³/mol. The predicted octanol–water partition coefficient (Wildman–Crippen LogP) is 3.99. The third kappa shape index (κ3) is 7.16. The number of nitrogens with one attached hydrogen (secondary N) is 2. The van der Waals surface area contributed by atoms with Crippen molar-refractivity contribution in [2.75, 3.05) is 18.5 Å². The van der Waals surface area contributed by atoms with Gasteiger partial charge in [0.05, 0.1) is 6.04 Å². The van der Waals surface area contributed by atoms with Gasteiger partial charge in [0.25, 0.3) is 5.91 Å². The monoisotopic (exact) mass is 425 g/mol. The first-order valence-electron chi connectivity index (χ1n) is 9.52. The molecule has 0 aliphatic rings. The Balaban J connectivity index is 2.07. The third-order valence-corrected chi connectivity index (χ3v) is 4.06. The number of hydrogen-bond acceptors (Lipinski definition) is 6. The third-order valence-electron chi connectivity index (χ3n) is 4.06. The van der Waals surface area contributed by atoms with Crippen LogP contribution in [-0.2, 0) is 0 Å². The quantitative estimate of drug-likeness (QED) is 0.665. The van der Waals surface area contributed by atoms with Crippen LogP contribution in [0.1, 0.15) is 54.1 Å². The lowest BCUT2D eigenvalue weighted by Gasteiger charge is -2.17. The minimum atomic E-state index is -4.48. The fourth-order valence-corrected chi connectivity index (χ4v) is 2.58. The molecule has 0 spiro atoms. The molecule has 0 fully saturated rings. The lowest BCUT2D eigenvalue weighted by atomic mass is 10.1. The molecule has 0 aromatic carbocycles. The number of ether oxygens (including phenoxy) is 1. The van der Waals surface area contributed by atoms with E-state index in [9.17, 15) is 18.0 Å². The van der Waals surface area contributed by atoms with Gasteiger partial charge in [-0.05, 0) is 50.5 Å². The molecule has 0 bridgehead atoms. The number of halogens is 3. The first-order valence-corrected chi connectivity index (χ1v) is 9.52. The molecule has 2 heterocycles. The fourth-order valence-electron chi connectivity index (χ4n) is 2.58. The zero-order chi connectivity index (χ0) is 22.5. The molecule has 7 nitrogen and oxygen atoms in total. The molecule has 1 amide bonds. The molecule has 10 heteroatoms. The van der Waals surface area contributed by atoms with Crippen LogP contribution in [0.2, 0.25) is 0 Å². The van der Waals surface area contributed by atoms with Crippen LogP contribution < -0.4 is 15.4 Å². The van der Waals surface area contributed by atoms with Crippen molar-refractivity contribution >= 4 is 11.7 Å². The highest BCUT2D eigenvalue weighted by Gasteiger charge is 2.29. The summed E-state index contributed by atoms with van der Waals surface area (Å²) in [5.74, 6) is 0.425. The summed E-state index contributed by atoms with van der Waals surface area (Å²) >= 11 is 0. The molecule has 0 radical (unpaired) electrons. The van der Waals surface area contributed by atoms with Gasteiger partial charge in [-0.1, -0.05) is 13.8 Å². The van der Waals surface area contributed by atoms with Crippen molar-refractivity contribution in [1.29, 1.82) is 0 Å². The van der Waals surface area contributed by atoms with Crippen molar-refractivity contribution < 1.29 is 22.7 Å². The van der Waals surface area contributed by atoms with Gasteiger partial charge in [0.2, 0.25) is 5.88 Å². The standard InChI is InChI=1S/C20H26F3N5O2/c1-11(2)9-24-17-8-15(7-13(4)25-17)14(5)26-18(29)16-6-12(3)19(28-27-16)30-10-20(21,22)23/h6-8,11,14H,9-10H2,1-5H3,(H,24,25)(H,26,29). The number of aryl methyl sites for hydroxylation is 2. The normalized spacial score (nSPS) is 12.6. The van der Waals surface area contributed by atoms with Gasteiger partial charge < -0.3 is 15.4 Å². The summed E-state index contributed by atoms with van der Waals surface area (Å²) in [5.41, 5.74) is 1.94. The Labute approximate surface area is 173 Å². The molecule has 2 aromatic rings. The van der Waals surface area contributed by atoms with E-state index in [1.165, 1.54) is 13.0 Å². The molecule has 2 rings (SSSR count). The highest BCUT2D eigenvalue weighted by atomic mass is 19.4. The van der Waals surface area contributed by atoms with Crippen molar-refractivity contribution in [3.8, 4) is 5.88 Å². The highest BCUT2D eigenvalue weighted by Crippen LogP contribution is 2.21. The number of aromatic nitrogens is 3. The second-order valence-corrected chi connectivity index (χ2v) is 7.52. The maximum absolute atomic E-state index is 12.5. The number of amides is 1. The van der Waals surface area contributed by atoms with Gasteiger partial charge in [-0.2, -0.15) is 13.2 Å². The molecule has 0 saturated carbocycles. The van der Waals surface area contributed by atoms with Crippen molar-refractivity contribution in [3.63, 3.8) is 0 Å². The Kier molecular flexibility index (Phi) is 7.58. The van der Waals surface area contributed by atoms with Gasteiger partial charge in [0.1, 0.15) is 5.82 Å². The Hall–Kier alpha value is -2.91. The SMILES string of the molecule is Cc1cc(C(C)NC(=O)c2cc(C)c(OCC(F)(F)F)nn2)cc(NCC(C)C)n1. The van der Waals surface area contributed by atoms with Crippen molar-refractivity contribution in [1.82, 2.24) is 20.5 Å². The number of nitrogens with zero attached hydrogens (tertiary/aromatic N) is 3. The highest BCUT2D eigenvalue weighted by molar-refractivity contribution is 5.92. The van der Waals surface area contributed by atoms with E-state index >= 15 is 0 Å². The minimum absolute atomic E-state index is 0.0114.